The molecule has 2 aliphatic heterocycles. The molecule has 0 saturated carbocycles. The lowest BCUT2D eigenvalue weighted by Gasteiger charge is -2.36. The van der Waals surface area contributed by atoms with Crippen LogP contribution in [0.15, 0.2) is 36.7 Å². The fraction of sp³-hybridized carbons (Fsp3) is 0.381. The van der Waals surface area contributed by atoms with Crippen LogP contribution < -0.4 is 10.2 Å². The van der Waals surface area contributed by atoms with Crippen molar-refractivity contribution in [2.24, 2.45) is 5.92 Å². The maximum absolute atomic E-state index is 13.8. The predicted molar refractivity (Wildman–Crippen MR) is 113 cm³/mol. The molecular weight excluding hydrogens is 407 g/mol. The first-order valence-electron chi connectivity index (χ1n) is 10.1. The van der Waals surface area contributed by atoms with Crippen molar-refractivity contribution in [2.75, 3.05) is 29.9 Å². The van der Waals surface area contributed by atoms with Crippen LogP contribution in [-0.4, -0.2) is 45.2 Å². The molecule has 30 heavy (non-hydrogen) atoms. The normalized spacial score (nSPS) is 19.4. The highest BCUT2D eigenvalue weighted by Gasteiger charge is 2.30. The monoisotopic (exact) mass is 428 g/mol. The molecule has 0 bridgehead atoms. The number of anilines is 2. The lowest BCUT2D eigenvalue weighted by molar-refractivity contribution is 0.141. The zero-order valence-corrected chi connectivity index (χ0v) is 17.3. The Labute approximate surface area is 178 Å². The molecule has 1 aromatic carbocycles. The highest BCUT2D eigenvalue weighted by molar-refractivity contribution is 6.31. The van der Waals surface area contributed by atoms with E-state index in [4.69, 9.17) is 16.6 Å². The van der Waals surface area contributed by atoms with Crippen molar-refractivity contribution in [2.45, 2.75) is 25.8 Å². The summed E-state index contributed by atoms with van der Waals surface area (Å²) in [6.45, 7) is 4.42. The number of carbonyl (C=O) groups is 1. The van der Waals surface area contributed by atoms with Crippen molar-refractivity contribution in [1.29, 1.82) is 0 Å². The van der Waals surface area contributed by atoms with Crippen LogP contribution in [0, 0.1) is 11.7 Å². The number of urea groups is 1. The molecule has 2 amide bonds. The zero-order valence-electron chi connectivity index (χ0n) is 16.6. The average Bonchev–Trinajstić information content (AvgIpc) is 3.34. The number of hydrogen-bond donors (Lipinski definition) is 1. The molecule has 156 valence electrons. The predicted octanol–water partition coefficient (Wildman–Crippen LogP) is 4.35. The molecule has 7 nitrogen and oxygen atoms in total. The molecule has 5 rings (SSSR count). The third-order valence-electron chi connectivity index (χ3n) is 5.81. The number of aromatic nitrogens is 3. The van der Waals surface area contributed by atoms with Crippen molar-refractivity contribution < 1.29 is 9.18 Å². The van der Waals surface area contributed by atoms with E-state index in [2.05, 4.69) is 22.2 Å². The van der Waals surface area contributed by atoms with E-state index in [1.54, 1.807) is 21.7 Å². The number of likely N-dealkylation sites (tertiary alicyclic amines) is 1. The maximum Gasteiger partial charge on any atom is 0.322 e. The van der Waals surface area contributed by atoms with Gasteiger partial charge in [-0.05, 0) is 48.6 Å². The molecule has 2 aliphatic rings. The van der Waals surface area contributed by atoms with Crippen LogP contribution in [0.3, 0.4) is 0 Å². The Hall–Kier alpha value is -2.87. The third-order valence-corrected chi connectivity index (χ3v) is 6.16. The first-order valence-corrected chi connectivity index (χ1v) is 10.5. The highest BCUT2D eigenvalue weighted by Crippen LogP contribution is 2.38. The summed E-state index contributed by atoms with van der Waals surface area (Å²) in [4.78, 5) is 21.1. The summed E-state index contributed by atoms with van der Waals surface area (Å²) in [5, 5.41) is 7.76. The lowest BCUT2D eigenvalue weighted by Crippen LogP contribution is -2.50. The van der Waals surface area contributed by atoms with E-state index in [1.807, 2.05) is 12.3 Å². The van der Waals surface area contributed by atoms with Gasteiger partial charge in [-0.1, -0.05) is 18.5 Å². The fourth-order valence-corrected chi connectivity index (χ4v) is 4.54. The van der Waals surface area contributed by atoms with E-state index in [0.29, 0.717) is 22.3 Å². The number of nitrogens with one attached hydrogen (secondary N) is 1. The van der Waals surface area contributed by atoms with Crippen LogP contribution in [0.4, 0.5) is 20.7 Å². The fourth-order valence-electron chi connectivity index (χ4n) is 4.30. The van der Waals surface area contributed by atoms with Crippen LogP contribution in [-0.2, 0) is 0 Å². The number of fused-ring (bicyclic) bond motifs is 1. The van der Waals surface area contributed by atoms with Gasteiger partial charge in [0.05, 0.1) is 12.2 Å². The molecular formula is C21H22ClFN6O. The quantitative estimate of drug-likeness (QED) is 0.673. The van der Waals surface area contributed by atoms with Crippen LogP contribution in [0.25, 0.3) is 5.65 Å². The summed E-state index contributed by atoms with van der Waals surface area (Å²) in [5.41, 5.74) is 1.91. The van der Waals surface area contributed by atoms with E-state index in [-0.39, 0.29) is 17.9 Å². The number of halogens is 2. The standard InChI is InChI=1S/C21H22ClFN6O/c1-13-11-27(12-13)21(30)25-17-10-24-29-8-6-19(26-20(17)29)28-7-2-3-18(28)15-9-14(23)4-5-16(15)22/h4-6,8-10,13,18H,2-3,7,11-12H2,1H3,(H,25,30)/t18-/m1/s1. The smallest absolute Gasteiger partial charge is 0.322 e. The zero-order chi connectivity index (χ0) is 20.8. The number of rotatable bonds is 3. The molecule has 0 radical (unpaired) electrons. The molecule has 2 saturated heterocycles. The van der Waals surface area contributed by atoms with Crippen LogP contribution >= 0.6 is 11.6 Å². The van der Waals surface area contributed by atoms with E-state index >= 15 is 0 Å². The highest BCUT2D eigenvalue weighted by atomic mass is 35.5. The molecule has 9 heteroatoms. The molecule has 0 aliphatic carbocycles. The average molecular weight is 429 g/mol. The summed E-state index contributed by atoms with van der Waals surface area (Å²) < 4.78 is 15.5. The van der Waals surface area contributed by atoms with E-state index in [1.165, 1.54) is 12.1 Å². The lowest BCUT2D eigenvalue weighted by atomic mass is 10.0. The minimum atomic E-state index is -0.300. The Morgan fingerprint density at radius 1 is 1.30 bits per heavy atom. The van der Waals surface area contributed by atoms with Gasteiger partial charge < -0.3 is 15.1 Å². The van der Waals surface area contributed by atoms with Gasteiger partial charge in [0.1, 0.15) is 17.3 Å². The van der Waals surface area contributed by atoms with Gasteiger partial charge in [0.2, 0.25) is 0 Å². The number of amides is 2. The first kappa shape index (κ1) is 19.1. The van der Waals surface area contributed by atoms with E-state index in [9.17, 15) is 9.18 Å². The molecule has 2 aromatic heterocycles. The van der Waals surface area contributed by atoms with Crippen molar-refractivity contribution in [3.05, 3.63) is 53.1 Å². The second-order valence-corrected chi connectivity index (χ2v) is 8.48. The number of hydrogen-bond acceptors (Lipinski definition) is 4. The molecule has 0 spiro atoms. The maximum atomic E-state index is 13.8. The topological polar surface area (TPSA) is 65.8 Å². The summed E-state index contributed by atoms with van der Waals surface area (Å²) in [5.74, 6) is 0.982. The van der Waals surface area contributed by atoms with Gasteiger partial charge in [0.25, 0.3) is 0 Å². The van der Waals surface area contributed by atoms with Gasteiger partial charge in [-0.15, -0.1) is 0 Å². The molecule has 1 N–H and O–H groups in total. The Kier molecular flexibility index (Phi) is 4.73. The van der Waals surface area contributed by atoms with Gasteiger partial charge in [-0.25, -0.2) is 18.7 Å². The van der Waals surface area contributed by atoms with Crippen molar-refractivity contribution in [3.63, 3.8) is 0 Å². The van der Waals surface area contributed by atoms with Crippen molar-refractivity contribution in [3.8, 4) is 0 Å². The van der Waals surface area contributed by atoms with Crippen LogP contribution in [0.2, 0.25) is 5.02 Å². The molecule has 4 heterocycles. The van der Waals surface area contributed by atoms with Crippen LogP contribution in [0.5, 0.6) is 0 Å². The molecule has 1 atom stereocenters. The van der Waals surface area contributed by atoms with Crippen LogP contribution in [0.1, 0.15) is 31.4 Å². The molecule has 0 unspecified atom stereocenters. The minimum Gasteiger partial charge on any atom is -0.349 e. The summed E-state index contributed by atoms with van der Waals surface area (Å²) in [6, 6.07) is 6.17. The van der Waals surface area contributed by atoms with Gasteiger partial charge >= 0.3 is 6.03 Å². The number of carbonyl (C=O) groups excluding carboxylic acids is 1. The largest absolute Gasteiger partial charge is 0.349 e. The van der Waals surface area contributed by atoms with Gasteiger partial charge in [-0.2, -0.15) is 5.10 Å². The minimum absolute atomic E-state index is 0.0494. The van der Waals surface area contributed by atoms with E-state index in [0.717, 1.165) is 43.9 Å². The number of nitrogens with zero attached hydrogens (tertiary/aromatic N) is 5. The van der Waals surface area contributed by atoms with E-state index < -0.39 is 0 Å². The second kappa shape index (κ2) is 7.43. The summed E-state index contributed by atoms with van der Waals surface area (Å²) >= 11 is 6.37. The third kappa shape index (κ3) is 3.35. The van der Waals surface area contributed by atoms with Gasteiger partial charge in [0, 0.05) is 30.9 Å². The molecule has 2 fully saturated rings. The Bertz CT molecular complexity index is 1110. The summed E-state index contributed by atoms with van der Waals surface area (Å²) in [7, 11) is 0. The van der Waals surface area contributed by atoms with Gasteiger partial charge in [-0.3, -0.25) is 0 Å². The van der Waals surface area contributed by atoms with Crippen molar-refractivity contribution in [1.82, 2.24) is 19.5 Å². The van der Waals surface area contributed by atoms with Crippen molar-refractivity contribution >= 4 is 34.8 Å². The molecule has 3 aromatic rings. The second-order valence-electron chi connectivity index (χ2n) is 8.07. The Morgan fingerprint density at radius 2 is 2.13 bits per heavy atom. The first-order chi connectivity index (χ1) is 14.5. The Balaban J connectivity index is 1.44. The number of benzene rings is 1. The Morgan fingerprint density at radius 3 is 2.93 bits per heavy atom. The summed E-state index contributed by atoms with van der Waals surface area (Å²) in [6.07, 6.45) is 5.26. The van der Waals surface area contributed by atoms with Gasteiger partial charge in [0.15, 0.2) is 5.65 Å². The SMILES string of the molecule is CC1CN(C(=O)Nc2cnn3ccc(N4CCC[C@@H]4c4cc(F)ccc4Cl)nc23)C1.